The number of aliphatic hydroxyl groups excluding tert-OH is 2. The summed E-state index contributed by atoms with van der Waals surface area (Å²) < 4.78 is 5.18. The van der Waals surface area contributed by atoms with Crippen LogP contribution in [0.5, 0.6) is 0 Å². The van der Waals surface area contributed by atoms with Crippen molar-refractivity contribution in [2.45, 2.75) is 36.5 Å². The highest BCUT2D eigenvalue weighted by atomic mass is 16.6. The maximum absolute atomic E-state index is 9.51. The average Bonchev–Trinajstić information content (AvgIpc) is 2.68. The highest BCUT2D eigenvalue weighted by Crippen LogP contribution is 2.39. The first-order valence-corrected chi connectivity index (χ1v) is 3.82. The van der Waals surface area contributed by atoms with Crippen LogP contribution in [-0.4, -0.2) is 46.7 Å². The number of aliphatic hydroxyl groups is 2. The summed E-state index contributed by atoms with van der Waals surface area (Å²) in [5.74, 6) is 0. The number of rotatable bonds is 0. The number of fused-ring (bicyclic) bond motifs is 4. The van der Waals surface area contributed by atoms with E-state index in [9.17, 15) is 10.2 Å². The van der Waals surface area contributed by atoms with Crippen molar-refractivity contribution < 1.29 is 14.9 Å². The lowest BCUT2D eigenvalue weighted by Crippen LogP contribution is -2.50. The molecule has 62 valence electrons. The Kier molecular flexibility index (Phi) is 1.01. The van der Waals surface area contributed by atoms with Crippen LogP contribution in [0, 0.1) is 0 Å². The second-order valence-electron chi connectivity index (χ2n) is 3.39. The monoisotopic (exact) mass is 158 g/mol. The lowest BCUT2D eigenvalue weighted by atomic mass is 9.89. The fourth-order valence-corrected chi connectivity index (χ4v) is 2.05. The van der Waals surface area contributed by atoms with Gasteiger partial charge < -0.3 is 14.9 Å². The second kappa shape index (κ2) is 1.75. The number of hydrazine groups is 1. The molecule has 6 atom stereocenters. The maximum Gasteiger partial charge on any atom is 0.113 e. The van der Waals surface area contributed by atoms with E-state index in [2.05, 4.69) is 10.9 Å². The molecule has 0 aromatic carbocycles. The Labute approximate surface area is 63.3 Å². The van der Waals surface area contributed by atoms with Crippen LogP contribution in [-0.2, 0) is 4.74 Å². The third-order valence-corrected chi connectivity index (χ3v) is 2.77. The highest BCUT2D eigenvalue weighted by molar-refractivity contribution is 5.15. The summed E-state index contributed by atoms with van der Waals surface area (Å²) in [6.45, 7) is 0. The van der Waals surface area contributed by atoms with Crippen molar-refractivity contribution in [3.8, 4) is 0 Å². The van der Waals surface area contributed by atoms with Crippen LogP contribution in [0.3, 0.4) is 0 Å². The Balaban J connectivity index is 1.94. The van der Waals surface area contributed by atoms with Crippen molar-refractivity contribution >= 4 is 0 Å². The summed E-state index contributed by atoms with van der Waals surface area (Å²) >= 11 is 0. The minimum atomic E-state index is -0.568. The molecule has 1 aliphatic carbocycles. The van der Waals surface area contributed by atoms with Crippen molar-refractivity contribution in [3.63, 3.8) is 0 Å². The van der Waals surface area contributed by atoms with Crippen molar-refractivity contribution in [2.75, 3.05) is 0 Å². The molecule has 5 heteroatoms. The third-order valence-electron chi connectivity index (χ3n) is 2.77. The zero-order valence-corrected chi connectivity index (χ0v) is 5.77. The molecule has 2 saturated heterocycles. The van der Waals surface area contributed by atoms with Gasteiger partial charge >= 0.3 is 0 Å². The lowest BCUT2D eigenvalue weighted by molar-refractivity contribution is 0.0353. The number of ether oxygens (including phenoxy) is 1. The van der Waals surface area contributed by atoms with E-state index < -0.39 is 12.2 Å². The van der Waals surface area contributed by atoms with Gasteiger partial charge in [-0.05, 0) is 0 Å². The fraction of sp³-hybridized carbons (Fsp3) is 1.00. The van der Waals surface area contributed by atoms with Crippen LogP contribution in [0.15, 0.2) is 0 Å². The maximum atomic E-state index is 9.51. The quantitative estimate of drug-likeness (QED) is 0.289. The van der Waals surface area contributed by atoms with Crippen LogP contribution in [0.4, 0.5) is 0 Å². The standard InChI is InChI=1S/C6H10N2O3/c9-3-1-4(10)6-5(11-6)2(3)8-7-1/h1-10H/t1-,2+,3-,4+,5-,6+/m1/s1. The first-order chi connectivity index (χ1) is 5.29. The second-order valence-corrected chi connectivity index (χ2v) is 3.39. The molecule has 5 nitrogen and oxygen atoms in total. The minimum absolute atomic E-state index is 0.00579. The van der Waals surface area contributed by atoms with Crippen LogP contribution in [0.1, 0.15) is 0 Å². The molecule has 1 saturated carbocycles. The number of epoxide rings is 1. The Bertz CT molecular complexity index is 196. The molecule has 3 rings (SSSR count). The van der Waals surface area contributed by atoms with Gasteiger partial charge in [-0.25, -0.2) is 10.9 Å². The highest BCUT2D eigenvalue weighted by Gasteiger charge is 2.63. The lowest BCUT2D eigenvalue weighted by Gasteiger charge is -2.24. The zero-order chi connectivity index (χ0) is 7.59. The van der Waals surface area contributed by atoms with E-state index in [0.29, 0.717) is 0 Å². The molecule has 11 heavy (non-hydrogen) atoms. The third kappa shape index (κ3) is 0.629. The first-order valence-electron chi connectivity index (χ1n) is 3.82. The van der Waals surface area contributed by atoms with E-state index in [1.54, 1.807) is 0 Å². The molecule has 2 aliphatic heterocycles. The Morgan fingerprint density at radius 3 is 2.45 bits per heavy atom. The van der Waals surface area contributed by atoms with Crippen molar-refractivity contribution in [1.82, 2.24) is 10.9 Å². The van der Waals surface area contributed by atoms with E-state index in [4.69, 9.17) is 4.74 Å². The average molecular weight is 158 g/mol. The SMILES string of the molecule is O[C@@H]1[C@H]2NN[C@@H]1[C@H]1O[C@H]1[C@H]2O. The summed E-state index contributed by atoms with van der Waals surface area (Å²) in [5, 5.41) is 19.0. The minimum Gasteiger partial charge on any atom is -0.390 e. The van der Waals surface area contributed by atoms with Gasteiger partial charge in [0.25, 0.3) is 0 Å². The molecule has 0 spiro atoms. The van der Waals surface area contributed by atoms with Crippen molar-refractivity contribution in [2.24, 2.45) is 0 Å². The molecular formula is C6H10N2O3. The van der Waals surface area contributed by atoms with Gasteiger partial charge in [0, 0.05) is 0 Å². The molecule has 4 N–H and O–H groups in total. The summed E-state index contributed by atoms with van der Waals surface area (Å²) in [4.78, 5) is 0. The van der Waals surface area contributed by atoms with Gasteiger partial charge in [-0.15, -0.1) is 0 Å². The van der Waals surface area contributed by atoms with E-state index >= 15 is 0 Å². The molecule has 0 aromatic heterocycles. The van der Waals surface area contributed by atoms with Crippen LogP contribution < -0.4 is 10.9 Å². The molecule has 0 amide bonds. The molecule has 2 heterocycles. The molecular weight excluding hydrogens is 148 g/mol. The summed E-state index contributed by atoms with van der Waals surface area (Å²) in [6, 6.07) is -0.294. The van der Waals surface area contributed by atoms with E-state index in [-0.39, 0.29) is 24.3 Å². The number of nitrogens with one attached hydrogen (secondary N) is 2. The number of hydrogen-bond donors (Lipinski definition) is 4. The van der Waals surface area contributed by atoms with Gasteiger partial charge in [0.2, 0.25) is 0 Å². The van der Waals surface area contributed by atoms with Crippen LogP contribution in [0.25, 0.3) is 0 Å². The molecule has 3 aliphatic rings. The van der Waals surface area contributed by atoms with E-state index in [0.717, 1.165) is 0 Å². The van der Waals surface area contributed by atoms with Gasteiger partial charge in [-0.1, -0.05) is 0 Å². The number of hydrogen-bond acceptors (Lipinski definition) is 5. The zero-order valence-electron chi connectivity index (χ0n) is 5.77. The van der Waals surface area contributed by atoms with Gasteiger partial charge in [0.05, 0.1) is 18.2 Å². The van der Waals surface area contributed by atoms with E-state index in [1.165, 1.54) is 0 Å². The van der Waals surface area contributed by atoms with Crippen molar-refractivity contribution in [3.05, 3.63) is 0 Å². The summed E-state index contributed by atoms with van der Waals surface area (Å²) in [6.07, 6.45) is -1.14. The largest absolute Gasteiger partial charge is 0.390 e. The smallest absolute Gasteiger partial charge is 0.113 e. The Hall–Kier alpha value is -0.200. The van der Waals surface area contributed by atoms with Gasteiger partial charge in [-0.2, -0.15) is 0 Å². The molecule has 2 bridgehead atoms. The van der Waals surface area contributed by atoms with Gasteiger partial charge in [0.15, 0.2) is 0 Å². The van der Waals surface area contributed by atoms with Crippen LogP contribution >= 0.6 is 0 Å². The molecule has 3 fully saturated rings. The van der Waals surface area contributed by atoms with Crippen LogP contribution in [0.2, 0.25) is 0 Å². The summed E-state index contributed by atoms with van der Waals surface area (Å²) in [5.41, 5.74) is 5.75. The molecule has 0 unspecified atom stereocenters. The Morgan fingerprint density at radius 2 is 1.64 bits per heavy atom. The predicted molar refractivity (Wildman–Crippen MR) is 34.5 cm³/mol. The normalized spacial score (nSPS) is 66.0. The molecule has 0 aromatic rings. The molecule has 0 radical (unpaired) electrons. The van der Waals surface area contributed by atoms with E-state index in [1.807, 2.05) is 0 Å². The summed E-state index contributed by atoms with van der Waals surface area (Å²) in [7, 11) is 0. The van der Waals surface area contributed by atoms with Gasteiger partial charge in [0.1, 0.15) is 18.3 Å². The van der Waals surface area contributed by atoms with Gasteiger partial charge in [-0.3, -0.25) is 0 Å². The van der Waals surface area contributed by atoms with Crippen molar-refractivity contribution in [1.29, 1.82) is 0 Å². The predicted octanol–water partition coefficient (Wildman–Crippen LogP) is -2.67. The Morgan fingerprint density at radius 1 is 0.909 bits per heavy atom. The first kappa shape index (κ1) is 6.33. The fourth-order valence-electron chi connectivity index (χ4n) is 2.05. The topological polar surface area (TPSA) is 77.0 Å².